The molecule has 37 heavy (non-hydrogen) atoms. The molecule has 1 atom stereocenters. The highest BCUT2D eigenvalue weighted by Crippen LogP contribution is 2.32. The summed E-state index contributed by atoms with van der Waals surface area (Å²) in [5, 5.41) is 3.33. The number of ether oxygens (including phenoxy) is 2. The summed E-state index contributed by atoms with van der Waals surface area (Å²) < 4.78 is 22.0. The van der Waals surface area contributed by atoms with E-state index in [1.54, 1.807) is 0 Å². The second kappa shape index (κ2) is 14.1. The number of hydrogen-bond acceptors (Lipinski definition) is 7. The van der Waals surface area contributed by atoms with E-state index in [4.69, 9.17) is 24.4 Å². The Bertz CT molecular complexity index is 1150. The van der Waals surface area contributed by atoms with E-state index in [-0.39, 0.29) is 13.0 Å². The van der Waals surface area contributed by atoms with Crippen LogP contribution in [-0.2, 0) is 9.47 Å². The second-order valence-corrected chi connectivity index (χ2v) is 9.52. The van der Waals surface area contributed by atoms with Crippen molar-refractivity contribution < 1.29 is 18.6 Å². The van der Waals surface area contributed by atoms with Crippen molar-refractivity contribution in [3.05, 3.63) is 66.3 Å². The molecular formula is C30H45N3O4. The van der Waals surface area contributed by atoms with Crippen LogP contribution in [0.1, 0.15) is 59.1 Å². The van der Waals surface area contributed by atoms with Crippen LogP contribution in [0.15, 0.2) is 64.3 Å². The third-order valence-electron chi connectivity index (χ3n) is 5.97. The maximum absolute atomic E-state index is 6.24. The Morgan fingerprint density at radius 1 is 1.11 bits per heavy atom. The number of nitrogen functional groups attached to an aromatic ring is 1. The number of rotatable bonds is 11. The first kappa shape index (κ1) is 30.2. The fraction of sp³-hybridized carbons (Fsp3) is 0.467. The number of anilines is 2. The van der Waals surface area contributed by atoms with Crippen LogP contribution in [0.5, 0.6) is 0 Å². The fourth-order valence-corrected chi connectivity index (χ4v) is 4.37. The minimum atomic E-state index is -0.271. The molecule has 1 saturated heterocycles. The zero-order valence-corrected chi connectivity index (χ0v) is 22.2. The average molecular weight is 512 g/mol. The monoisotopic (exact) mass is 511 g/mol. The van der Waals surface area contributed by atoms with Gasteiger partial charge in [-0.2, -0.15) is 0 Å². The number of nitrogens with zero attached hydrogens (tertiary/aromatic N) is 1. The molecule has 1 aromatic heterocycles. The standard InChI is InChI=1S/C26H33N3O4.C3H8.CH4/c1-5-31-26(10-11-29(15-26)14-18(2)3)16-30-17-28-21-7-8-23(27)22(13-21)19(4)20-6-9-24-25(12-20)33-32-24;1-3-2;/h6-9,12-13,28H,2,4-5,10-11,14-17,27H2,1,3H3;3H2,1-2H3;1H4/t26-;;/m0../s1. The Kier molecular flexibility index (Phi) is 11.5. The van der Waals surface area contributed by atoms with Gasteiger partial charge >= 0.3 is 0 Å². The lowest BCUT2D eigenvalue weighted by Gasteiger charge is -2.29. The molecule has 1 fully saturated rings. The van der Waals surface area contributed by atoms with Crippen molar-refractivity contribution in [3.8, 4) is 0 Å². The molecule has 0 aliphatic carbocycles. The third-order valence-corrected chi connectivity index (χ3v) is 5.97. The van der Waals surface area contributed by atoms with Crippen LogP contribution in [-0.4, -0.2) is 50.1 Å². The summed E-state index contributed by atoms with van der Waals surface area (Å²) in [4.78, 5) is 2.38. The zero-order valence-electron chi connectivity index (χ0n) is 22.2. The van der Waals surface area contributed by atoms with Gasteiger partial charge in [-0.25, -0.2) is 0 Å². The van der Waals surface area contributed by atoms with Crippen molar-refractivity contribution in [2.24, 2.45) is 0 Å². The molecule has 1 aliphatic rings. The van der Waals surface area contributed by atoms with E-state index in [0.717, 1.165) is 59.6 Å². The van der Waals surface area contributed by atoms with E-state index < -0.39 is 0 Å². The van der Waals surface area contributed by atoms with E-state index in [0.29, 0.717) is 31.2 Å². The van der Waals surface area contributed by atoms with Gasteiger partial charge in [0.1, 0.15) is 12.3 Å². The summed E-state index contributed by atoms with van der Waals surface area (Å²) in [6.07, 6.45) is 2.20. The van der Waals surface area contributed by atoms with Crippen molar-refractivity contribution in [3.63, 3.8) is 0 Å². The molecule has 0 spiro atoms. The van der Waals surface area contributed by atoms with E-state index in [1.807, 2.05) is 43.3 Å². The van der Waals surface area contributed by atoms with E-state index in [9.17, 15) is 0 Å². The van der Waals surface area contributed by atoms with Gasteiger partial charge in [-0.05, 0) is 61.7 Å². The first-order valence-corrected chi connectivity index (χ1v) is 12.7. The predicted molar refractivity (Wildman–Crippen MR) is 155 cm³/mol. The van der Waals surface area contributed by atoms with Crippen molar-refractivity contribution in [1.29, 1.82) is 0 Å². The highest BCUT2D eigenvalue weighted by molar-refractivity contribution is 5.88. The Morgan fingerprint density at radius 2 is 1.84 bits per heavy atom. The van der Waals surface area contributed by atoms with Crippen molar-refractivity contribution in [1.82, 2.24) is 4.90 Å². The van der Waals surface area contributed by atoms with Crippen molar-refractivity contribution >= 4 is 28.1 Å². The first-order chi connectivity index (χ1) is 17.3. The largest absolute Gasteiger partial charge is 0.398 e. The molecule has 204 valence electrons. The molecule has 7 nitrogen and oxygen atoms in total. The molecule has 1 aliphatic heterocycles. The SMILES string of the molecule is C.C=C(C)CN1CC[C@](COCNc2ccc(N)c(C(=C)c3ccc4ooc4c3)c2)(OCC)C1.CCC. The third kappa shape index (κ3) is 7.99. The number of nitrogens with two attached hydrogens (primary N) is 1. The average Bonchev–Trinajstić information content (AvgIpc) is 3.20. The minimum Gasteiger partial charge on any atom is -0.398 e. The number of fused-ring (bicyclic) bond motifs is 1. The quantitative estimate of drug-likeness (QED) is 0.0928. The van der Waals surface area contributed by atoms with Crippen LogP contribution in [0.25, 0.3) is 16.7 Å². The minimum absolute atomic E-state index is 0. The van der Waals surface area contributed by atoms with E-state index in [1.165, 1.54) is 6.42 Å². The van der Waals surface area contributed by atoms with Crippen LogP contribution in [0.2, 0.25) is 0 Å². The lowest BCUT2D eigenvalue weighted by Crippen LogP contribution is -2.41. The van der Waals surface area contributed by atoms with Gasteiger partial charge in [0.15, 0.2) is 0 Å². The van der Waals surface area contributed by atoms with Gasteiger partial charge in [0.05, 0.1) is 6.61 Å². The fourth-order valence-electron chi connectivity index (χ4n) is 4.37. The summed E-state index contributed by atoms with van der Waals surface area (Å²) in [6, 6.07) is 11.5. The van der Waals surface area contributed by atoms with Crippen molar-refractivity contribution in [2.45, 2.75) is 53.6 Å². The van der Waals surface area contributed by atoms with Crippen LogP contribution < -0.4 is 11.1 Å². The van der Waals surface area contributed by atoms with Gasteiger partial charge in [0.2, 0.25) is 11.2 Å². The maximum Gasteiger partial charge on any atom is 0.226 e. The number of likely N-dealkylation sites (tertiary alicyclic amines) is 1. The molecule has 4 rings (SSSR count). The number of nitrogens with one attached hydrogen (secondary N) is 1. The topological polar surface area (TPSA) is 86.0 Å². The Morgan fingerprint density at radius 3 is 2.46 bits per heavy atom. The summed E-state index contributed by atoms with van der Waals surface area (Å²) in [5.41, 5.74) is 12.7. The molecule has 0 radical (unpaired) electrons. The number of hydrogen-bond donors (Lipinski definition) is 2. The van der Waals surface area contributed by atoms with Gasteiger partial charge in [0.25, 0.3) is 0 Å². The normalized spacial score (nSPS) is 17.2. The molecule has 7 heteroatoms. The Balaban J connectivity index is 0.00000115. The lowest BCUT2D eigenvalue weighted by atomic mass is 9.97. The molecule has 2 aromatic carbocycles. The predicted octanol–water partition coefficient (Wildman–Crippen LogP) is 7.17. The summed E-state index contributed by atoms with van der Waals surface area (Å²) in [7, 11) is 0. The number of benzene rings is 2. The molecule has 2 heterocycles. The van der Waals surface area contributed by atoms with Crippen LogP contribution >= 0.6 is 0 Å². The van der Waals surface area contributed by atoms with E-state index in [2.05, 4.69) is 44.1 Å². The van der Waals surface area contributed by atoms with Gasteiger partial charge in [-0.15, -0.1) is 0 Å². The molecular weight excluding hydrogens is 466 g/mol. The zero-order chi connectivity index (χ0) is 26.1. The highest BCUT2D eigenvalue weighted by Gasteiger charge is 2.39. The Hall–Kier alpha value is -3.00. The summed E-state index contributed by atoms with van der Waals surface area (Å²) in [5.74, 6) is 0. The van der Waals surface area contributed by atoms with Gasteiger partial charge in [-0.3, -0.25) is 14.1 Å². The summed E-state index contributed by atoms with van der Waals surface area (Å²) >= 11 is 0. The molecule has 0 amide bonds. The second-order valence-electron chi connectivity index (χ2n) is 9.52. The van der Waals surface area contributed by atoms with Gasteiger partial charge in [0, 0.05) is 43.2 Å². The van der Waals surface area contributed by atoms with Crippen LogP contribution in [0.4, 0.5) is 11.4 Å². The first-order valence-electron chi connectivity index (χ1n) is 12.7. The van der Waals surface area contributed by atoms with Crippen LogP contribution in [0.3, 0.4) is 0 Å². The molecule has 0 saturated carbocycles. The van der Waals surface area contributed by atoms with Crippen molar-refractivity contribution in [2.75, 3.05) is 50.6 Å². The van der Waals surface area contributed by atoms with Gasteiger partial charge < -0.3 is 20.5 Å². The van der Waals surface area contributed by atoms with Gasteiger partial charge in [-0.1, -0.05) is 52.5 Å². The molecule has 3 aromatic rings. The van der Waals surface area contributed by atoms with E-state index >= 15 is 0 Å². The highest BCUT2D eigenvalue weighted by atomic mass is 17.0. The molecule has 0 bridgehead atoms. The Labute approximate surface area is 222 Å². The molecule has 3 N–H and O–H groups in total. The maximum atomic E-state index is 6.24. The molecule has 0 unspecified atom stereocenters. The summed E-state index contributed by atoms with van der Waals surface area (Å²) in [6.45, 7) is 20.9. The van der Waals surface area contributed by atoms with Crippen LogP contribution in [0, 0.1) is 0 Å². The smallest absolute Gasteiger partial charge is 0.226 e. The lowest BCUT2D eigenvalue weighted by molar-refractivity contribution is -0.0833.